The summed E-state index contributed by atoms with van der Waals surface area (Å²) in [6.45, 7) is 2.69. The van der Waals surface area contributed by atoms with Crippen LogP contribution in [0.25, 0.3) is 11.3 Å². The van der Waals surface area contributed by atoms with Crippen LogP contribution in [-0.2, 0) is 20.1 Å². The van der Waals surface area contributed by atoms with Crippen LogP contribution in [0.4, 0.5) is 0 Å². The van der Waals surface area contributed by atoms with Gasteiger partial charge in [-0.05, 0) is 31.2 Å². The van der Waals surface area contributed by atoms with Crippen molar-refractivity contribution in [2.24, 2.45) is 5.92 Å². The fourth-order valence-corrected chi connectivity index (χ4v) is 3.17. The summed E-state index contributed by atoms with van der Waals surface area (Å²) in [5, 5.41) is 3.96. The number of nitrogens with zero attached hydrogens (tertiary/aromatic N) is 1. The highest BCUT2D eigenvalue weighted by molar-refractivity contribution is 6.17. The van der Waals surface area contributed by atoms with E-state index in [1.807, 2.05) is 31.2 Å². The van der Waals surface area contributed by atoms with Crippen LogP contribution in [-0.4, -0.2) is 37.6 Å². The maximum atomic E-state index is 11.6. The number of rotatable bonds is 5. The number of benzene rings is 1. The summed E-state index contributed by atoms with van der Waals surface area (Å²) in [6.07, 6.45) is 0.390. The molecule has 0 radical (unpaired) electrons. The zero-order valence-electron chi connectivity index (χ0n) is 14.2. The molecule has 1 fully saturated rings. The van der Waals surface area contributed by atoms with Gasteiger partial charge in [0.1, 0.15) is 11.9 Å². The predicted molar refractivity (Wildman–Crippen MR) is 91.6 cm³/mol. The van der Waals surface area contributed by atoms with Gasteiger partial charge < -0.3 is 18.7 Å². The molecule has 0 amide bonds. The van der Waals surface area contributed by atoms with Crippen LogP contribution in [0.5, 0.6) is 5.75 Å². The van der Waals surface area contributed by atoms with Gasteiger partial charge in [0.2, 0.25) is 0 Å². The van der Waals surface area contributed by atoms with E-state index in [0.717, 1.165) is 16.8 Å². The Kier molecular flexibility index (Phi) is 5.60. The van der Waals surface area contributed by atoms with Gasteiger partial charge in [0, 0.05) is 17.5 Å². The Morgan fingerprint density at radius 3 is 2.76 bits per heavy atom. The number of esters is 1. The van der Waals surface area contributed by atoms with Crippen molar-refractivity contribution >= 4 is 17.6 Å². The quantitative estimate of drug-likeness (QED) is 0.597. The van der Waals surface area contributed by atoms with Gasteiger partial charge >= 0.3 is 5.97 Å². The van der Waals surface area contributed by atoms with Gasteiger partial charge in [-0.2, -0.15) is 0 Å². The summed E-state index contributed by atoms with van der Waals surface area (Å²) in [4.78, 5) is 11.6. The first-order valence-corrected chi connectivity index (χ1v) is 8.59. The smallest absolute Gasteiger partial charge is 0.311 e. The van der Waals surface area contributed by atoms with Crippen LogP contribution in [0.3, 0.4) is 0 Å². The second kappa shape index (κ2) is 7.89. The van der Waals surface area contributed by atoms with Crippen molar-refractivity contribution in [1.29, 1.82) is 0 Å². The lowest BCUT2D eigenvalue weighted by Gasteiger charge is -2.28. The topological polar surface area (TPSA) is 70.8 Å². The molecular weight excluding hydrogens is 346 g/mol. The Hall–Kier alpha value is -2.05. The molecule has 0 spiro atoms. The molecule has 1 aromatic carbocycles. The van der Waals surface area contributed by atoms with Gasteiger partial charge in [-0.1, -0.05) is 5.16 Å². The average molecular weight is 366 g/mol. The zero-order valence-corrected chi connectivity index (χ0v) is 14.9. The highest BCUT2D eigenvalue weighted by atomic mass is 35.5. The van der Waals surface area contributed by atoms with Gasteiger partial charge in [-0.3, -0.25) is 4.79 Å². The summed E-state index contributed by atoms with van der Waals surface area (Å²) in [5.41, 5.74) is 2.56. The van der Waals surface area contributed by atoms with Crippen LogP contribution in [0.2, 0.25) is 0 Å². The second-order valence-electron chi connectivity index (χ2n) is 5.97. The Bertz CT molecular complexity index is 728. The molecule has 3 rings (SSSR count). The van der Waals surface area contributed by atoms with E-state index < -0.39 is 0 Å². The van der Waals surface area contributed by atoms with Crippen LogP contribution >= 0.6 is 11.6 Å². The fourth-order valence-electron chi connectivity index (χ4n) is 2.86. The minimum atomic E-state index is -0.286. The highest BCUT2D eigenvalue weighted by Crippen LogP contribution is 2.29. The van der Waals surface area contributed by atoms with Crippen LogP contribution in [0.1, 0.15) is 17.7 Å². The van der Waals surface area contributed by atoms with Crippen molar-refractivity contribution in [1.82, 2.24) is 5.16 Å². The first-order valence-electron chi connectivity index (χ1n) is 8.06. The molecule has 2 heterocycles. The molecule has 1 saturated heterocycles. The van der Waals surface area contributed by atoms with Crippen LogP contribution in [0, 0.1) is 12.8 Å². The van der Waals surface area contributed by atoms with Crippen molar-refractivity contribution in [3.63, 3.8) is 0 Å². The van der Waals surface area contributed by atoms with E-state index in [4.69, 9.17) is 30.3 Å². The van der Waals surface area contributed by atoms with Gasteiger partial charge in [0.05, 0.1) is 37.8 Å². The number of halogens is 1. The largest absolute Gasteiger partial charge is 0.488 e. The summed E-state index contributed by atoms with van der Waals surface area (Å²) < 4.78 is 21.5. The predicted octanol–water partition coefficient (Wildman–Crippen LogP) is 3.35. The molecule has 1 aromatic heterocycles. The standard InChI is InChI=1S/C18H20ClNO5/c1-11-16(8-19)17(25-20-11)12-3-5-14(6-4-12)24-15-7-13(9-23-10-15)18(21)22-2/h3-6,13,15H,7-10H2,1-2H3. The van der Waals surface area contributed by atoms with Crippen LogP contribution < -0.4 is 4.74 Å². The number of hydrogen-bond acceptors (Lipinski definition) is 6. The minimum absolute atomic E-state index is 0.186. The normalized spacial score (nSPS) is 20.3. The molecule has 25 heavy (non-hydrogen) atoms. The number of carbonyl (C=O) groups is 1. The molecule has 1 aliphatic rings. The molecule has 0 N–H and O–H groups in total. The lowest BCUT2D eigenvalue weighted by atomic mass is 10.0. The third-order valence-corrected chi connectivity index (χ3v) is 4.51. The number of methoxy groups -OCH3 is 1. The molecule has 0 saturated carbocycles. The molecule has 0 bridgehead atoms. The van der Waals surface area contributed by atoms with E-state index in [2.05, 4.69) is 5.16 Å². The van der Waals surface area contributed by atoms with Crippen molar-refractivity contribution in [2.45, 2.75) is 25.3 Å². The van der Waals surface area contributed by atoms with Gasteiger partial charge in [0.25, 0.3) is 0 Å². The zero-order chi connectivity index (χ0) is 17.8. The third kappa shape index (κ3) is 3.96. The van der Waals surface area contributed by atoms with E-state index >= 15 is 0 Å². The van der Waals surface area contributed by atoms with E-state index in [1.165, 1.54) is 7.11 Å². The first-order chi connectivity index (χ1) is 12.1. The van der Waals surface area contributed by atoms with Crippen molar-refractivity contribution in [3.05, 3.63) is 35.5 Å². The molecule has 2 atom stereocenters. The molecule has 1 aliphatic heterocycles. The maximum Gasteiger partial charge on any atom is 0.311 e. The number of alkyl halides is 1. The number of aryl methyl sites for hydroxylation is 1. The summed E-state index contributed by atoms with van der Waals surface area (Å²) >= 11 is 5.96. The third-order valence-electron chi connectivity index (χ3n) is 4.24. The van der Waals surface area contributed by atoms with E-state index in [-0.39, 0.29) is 18.0 Å². The summed E-state index contributed by atoms with van der Waals surface area (Å²) in [7, 11) is 1.38. The number of hydrogen-bond donors (Lipinski definition) is 0. The van der Waals surface area contributed by atoms with Gasteiger partial charge in [-0.15, -0.1) is 11.6 Å². The molecule has 2 unspecified atom stereocenters. The Morgan fingerprint density at radius 1 is 1.32 bits per heavy atom. The average Bonchev–Trinajstić information content (AvgIpc) is 3.02. The lowest BCUT2D eigenvalue weighted by Crippen LogP contribution is -2.37. The molecular formula is C18H20ClNO5. The van der Waals surface area contributed by atoms with E-state index in [9.17, 15) is 4.79 Å². The molecule has 7 heteroatoms. The maximum absolute atomic E-state index is 11.6. The second-order valence-corrected chi connectivity index (χ2v) is 6.23. The number of aromatic nitrogens is 1. The van der Waals surface area contributed by atoms with Crippen molar-refractivity contribution in [2.75, 3.05) is 20.3 Å². The number of carbonyl (C=O) groups excluding carboxylic acids is 1. The van der Waals surface area contributed by atoms with E-state index in [1.54, 1.807) is 0 Å². The van der Waals surface area contributed by atoms with E-state index in [0.29, 0.717) is 37.0 Å². The Labute approximate surface area is 151 Å². The number of ether oxygens (including phenoxy) is 3. The summed E-state index contributed by atoms with van der Waals surface area (Å²) in [5.74, 6) is 1.17. The Balaban J connectivity index is 1.67. The fraction of sp³-hybridized carbons (Fsp3) is 0.444. The van der Waals surface area contributed by atoms with Crippen LogP contribution in [0.15, 0.2) is 28.8 Å². The minimum Gasteiger partial charge on any atom is -0.488 e. The van der Waals surface area contributed by atoms with Crippen molar-refractivity contribution < 1.29 is 23.5 Å². The van der Waals surface area contributed by atoms with Gasteiger partial charge in [-0.25, -0.2) is 0 Å². The Morgan fingerprint density at radius 2 is 2.08 bits per heavy atom. The highest BCUT2D eigenvalue weighted by Gasteiger charge is 2.30. The molecule has 2 aromatic rings. The first kappa shape index (κ1) is 17.8. The monoisotopic (exact) mass is 365 g/mol. The summed E-state index contributed by atoms with van der Waals surface area (Å²) in [6, 6.07) is 7.50. The SMILES string of the molecule is COC(=O)C1COCC(Oc2ccc(-c3onc(C)c3CCl)cc2)C1. The molecule has 134 valence electrons. The van der Waals surface area contributed by atoms with Crippen molar-refractivity contribution in [3.8, 4) is 17.1 Å². The van der Waals surface area contributed by atoms with Gasteiger partial charge in [0.15, 0.2) is 5.76 Å². The molecule has 6 nitrogen and oxygen atoms in total. The lowest BCUT2D eigenvalue weighted by molar-refractivity contribution is -0.152. The molecule has 0 aliphatic carbocycles.